The highest BCUT2D eigenvalue weighted by molar-refractivity contribution is 6.01. The van der Waals surface area contributed by atoms with E-state index in [0.29, 0.717) is 35.8 Å². The Morgan fingerprint density at radius 3 is 2.56 bits per heavy atom. The van der Waals surface area contributed by atoms with Gasteiger partial charge in [-0.1, -0.05) is 12.5 Å². The predicted molar refractivity (Wildman–Crippen MR) is 128 cm³/mol. The Bertz CT molecular complexity index is 1290. The molecule has 2 bridgehead atoms. The Hall–Kier alpha value is -3.66. The molecule has 4 aromatic rings. The average molecular weight is 458 g/mol. The van der Waals surface area contributed by atoms with Crippen molar-refractivity contribution in [2.75, 3.05) is 19.1 Å². The number of rotatable bonds is 5. The maximum atomic E-state index is 5.18. The van der Waals surface area contributed by atoms with E-state index in [-0.39, 0.29) is 0 Å². The number of ether oxygens (including phenoxy) is 1. The summed E-state index contributed by atoms with van der Waals surface area (Å²) in [6, 6.07) is 7.82. The van der Waals surface area contributed by atoms with Crippen LogP contribution in [0.3, 0.4) is 0 Å². The maximum Gasteiger partial charge on any atom is 0.316 e. The van der Waals surface area contributed by atoms with Crippen molar-refractivity contribution < 1.29 is 4.74 Å². The second kappa shape index (κ2) is 8.60. The molecule has 10 nitrogen and oxygen atoms in total. The Morgan fingerprint density at radius 1 is 0.971 bits per heavy atom. The molecule has 0 aliphatic carbocycles. The number of benzene rings is 1. The molecule has 10 heteroatoms. The van der Waals surface area contributed by atoms with E-state index in [9.17, 15) is 0 Å². The summed E-state index contributed by atoms with van der Waals surface area (Å²) in [5.41, 5.74) is 4.14. The number of methoxy groups -OCH3 is 1. The molecular formula is C24H27N9O. The van der Waals surface area contributed by atoms with Gasteiger partial charge in [0.05, 0.1) is 30.7 Å². The lowest BCUT2D eigenvalue weighted by molar-refractivity contribution is 0.218. The van der Waals surface area contributed by atoms with Crippen LogP contribution in [0, 0.1) is 0 Å². The third-order valence-electron chi connectivity index (χ3n) is 7.09. The zero-order valence-electron chi connectivity index (χ0n) is 19.3. The van der Waals surface area contributed by atoms with E-state index in [2.05, 4.69) is 52.6 Å². The summed E-state index contributed by atoms with van der Waals surface area (Å²) in [6.45, 7) is 0. The molecule has 1 aromatic carbocycles. The summed E-state index contributed by atoms with van der Waals surface area (Å²) in [7, 11) is 3.64. The van der Waals surface area contributed by atoms with Gasteiger partial charge in [-0.15, -0.1) is 10.2 Å². The number of aromatic nitrogens is 7. The summed E-state index contributed by atoms with van der Waals surface area (Å²) in [5.74, 6) is 0.668. The van der Waals surface area contributed by atoms with E-state index < -0.39 is 0 Å². The van der Waals surface area contributed by atoms with Crippen molar-refractivity contribution in [3.05, 3.63) is 36.8 Å². The number of fused-ring (bicyclic) bond motifs is 3. The quantitative estimate of drug-likeness (QED) is 0.466. The molecule has 0 amide bonds. The fraction of sp³-hybridized carbons (Fsp3) is 0.417. The second-order valence-electron chi connectivity index (χ2n) is 9.12. The molecule has 2 N–H and O–H groups in total. The Labute approximate surface area is 197 Å². The Morgan fingerprint density at radius 2 is 1.79 bits per heavy atom. The zero-order chi connectivity index (χ0) is 23.1. The first-order chi connectivity index (χ1) is 16.7. The van der Waals surface area contributed by atoms with E-state index in [1.54, 1.807) is 25.7 Å². The van der Waals surface area contributed by atoms with Crippen LogP contribution in [0.4, 0.5) is 5.95 Å². The van der Waals surface area contributed by atoms with E-state index in [4.69, 9.17) is 4.74 Å². The minimum absolute atomic E-state index is 0.321. The highest BCUT2D eigenvalue weighted by Gasteiger charge is 2.33. The van der Waals surface area contributed by atoms with Gasteiger partial charge in [0.1, 0.15) is 5.69 Å². The van der Waals surface area contributed by atoms with Crippen molar-refractivity contribution in [2.45, 2.75) is 50.2 Å². The van der Waals surface area contributed by atoms with Crippen LogP contribution < -0.4 is 15.0 Å². The largest absolute Gasteiger partial charge is 0.467 e. The number of nitrogens with one attached hydrogen (secondary N) is 2. The molecule has 2 saturated heterocycles. The van der Waals surface area contributed by atoms with Gasteiger partial charge in [-0.05, 0) is 37.8 Å². The standard InChI is InChI=1S/C24H27N9O/c1-33(16-10-14-4-3-5-15(11-16)28-14)23-26-13-21(30-32-23)17-6-7-18(22-19(17)12-27-31-22)20-8-9-25-24(29-20)34-2/h6-9,12-16,28H,3-5,10-11H2,1-2H3,(H,27,31)/t14-,15-/m0/s1. The topological polar surface area (TPSA) is 118 Å². The normalized spacial score (nSPS) is 22.0. The van der Waals surface area contributed by atoms with Crippen molar-refractivity contribution in [2.24, 2.45) is 0 Å². The van der Waals surface area contributed by atoms with Crippen LogP contribution in [-0.4, -0.2) is 67.6 Å². The number of anilines is 1. The molecule has 6 rings (SSSR count). The van der Waals surface area contributed by atoms with Gasteiger partial charge < -0.3 is 15.0 Å². The molecule has 34 heavy (non-hydrogen) atoms. The van der Waals surface area contributed by atoms with Crippen LogP contribution in [0.5, 0.6) is 6.01 Å². The van der Waals surface area contributed by atoms with Crippen molar-refractivity contribution in [3.63, 3.8) is 0 Å². The monoisotopic (exact) mass is 457 g/mol. The molecule has 2 aliphatic rings. The highest BCUT2D eigenvalue weighted by Crippen LogP contribution is 2.34. The number of H-pyrrole nitrogens is 1. The smallest absolute Gasteiger partial charge is 0.316 e. The number of piperidine rings is 2. The first kappa shape index (κ1) is 20.9. The van der Waals surface area contributed by atoms with Crippen LogP contribution in [-0.2, 0) is 0 Å². The Kier molecular flexibility index (Phi) is 5.29. The van der Waals surface area contributed by atoms with Gasteiger partial charge in [0, 0.05) is 47.9 Å². The Balaban J connectivity index is 1.28. The van der Waals surface area contributed by atoms with E-state index >= 15 is 0 Å². The SMILES string of the molecule is COc1nccc(-c2ccc(-c3cnc(N(C)C4C[C@@H]5CCC[C@@H](C4)N5)nn3)c3cn[nH]c23)n1. The third-order valence-corrected chi connectivity index (χ3v) is 7.09. The van der Waals surface area contributed by atoms with Gasteiger partial charge in [0.25, 0.3) is 0 Å². The molecule has 0 radical (unpaired) electrons. The molecule has 3 aromatic heterocycles. The van der Waals surface area contributed by atoms with Crippen molar-refractivity contribution in [1.82, 2.24) is 40.7 Å². The summed E-state index contributed by atoms with van der Waals surface area (Å²) in [5, 5.41) is 21.1. The van der Waals surface area contributed by atoms with Crippen LogP contribution in [0.1, 0.15) is 32.1 Å². The van der Waals surface area contributed by atoms with Crippen LogP contribution in [0.25, 0.3) is 33.4 Å². The minimum Gasteiger partial charge on any atom is -0.467 e. The van der Waals surface area contributed by atoms with Gasteiger partial charge in [0.2, 0.25) is 5.95 Å². The number of nitrogens with zero attached hydrogens (tertiary/aromatic N) is 7. The first-order valence-electron chi connectivity index (χ1n) is 11.7. The van der Waals surface area contributed by atoms with Crippen LogP contribution in [0.2, 0.25) is 0 Å². The number of aromatic amines is 1. The first-order valence-corrected chi connectivity index (χ1v) is 11.7. The van der Waals surface area contributed by atoms with Crippen molar-refractivity contribution >= 4 is 16.9 Å². The minimum atomic E-state index is 0.321. The van der Waals surface area contributed by atoms with Gasteiger partial charge >= 0.3 is 6.01 Å². The molecule has 0 unspecified atom stereocenters. The van der Waals surface area contributed by atoms with Gasteiger partial charge in [-0.2, -0.15) is 10.1 Å². The van der Waals surface area contributed by atoms with E-state index in [1.165, 1.54) is 19.3 Å². The fourth-order valence-corrected chi connectivity index (χ4v) is 5.33. The number of hydrogen-bond donors (Lipinski definition) is 2. The molecule has 2 fully saturated rings. The van der Waals surface area contributed by atoms with Gasteiger partial charge in [-0.25, -0.2) is 9.97 Å². The number of hydrogen-bond acceptors (Lipinski definition) is 9. The lowest BCUT2D eigenvalue weighted by Gasteiger charge is -2.43. The molecule has 0 spiro atoms. The molecule has 2 atom stereocenters. The molecule has 174 valence electrons. The van der Waals surface area contributed by atoms with E-state index in [1.807, 2.05) is 18.2 Å². The maximum absolute atomic E-state index is 5.18. The van der Waals surface area contributed by atoms with Gasteiger partial charge in [-0.3, -0.25) is 5.10 Å². The van der Waals surface area contributed by atoms with Crippen molar-refractivity contribution in [1.29, 1.82) is 0 Å². The summed E-state index contributed by atoms with van der Waals surface area (Å²) >= 11 is 0. The lowest BCUT2D eigenvalue weighted by atomic mass is 9.83. The average Bonchev–Trinajstić information content (AvgIpc) is 3.38. The van der Waals surface area contributed by atoms with Crippen molar-refractivity contribution in [3.8, 4) is 28.5 Å². The summed E-state index contributed by atoms with van der Waals surface area (Å²) in [6.07, 6.45) is 11.4. The molecular weight excluding hydrogens is 430 g/mol. The third kappa shape index (κ3) is 3.73. The fourth-order valence-electron chi connectivity index (χ4n) is 5.33. The van der Waals surface area contributed by atoms with Crippen LogP contribution >= 0.6 is 0 Å². The molecule has 0 saturated carbocycles. The molecule has 2 aliphatic heterocycles. The lowest BCUT2D eigenvalue weighted by Crippen LogP contribution is -2.54. The second-order valence-corrected chi connectivity index (χ2v) is 9.12. The highest BCUT2D eigenvalue weighted by atomic mass is 16.5. The van der Waals surface area contributed by atoms with Crippen LogP contribution in [0.15, 0.2) is 36.8 Å². The predicted octanol–water partition coefficient (Wildman–Crippen LogP) is 2.99. The van der Waals surface area contributed by atoms with E-state index in [0.717, 1.165) is 40.6 Å². The molecule has 5 heterocycles. The summed E-state index contributed by atoms with van der Waals surface area (Å²) in [4.78, 5) is 15.4. The zero-order valence-corrected chi connectivity index (χ0v) is 19.3. The van der Waals surface area contributed by atoms with Gasteiger partial charge in [0.15, 0.2) is 0 Å². The summed E-state index contributed by atoms with van der Waals surface area (Å²) < 4.78 is 5.18.